The molecule has 0 saturated carbocycles. The van der Waals surface area contributed by atoms with Crippen LogP contribution in [-0.2, 0) is 0 Å². The van der Waals surface area contributed by atoms with Crippen molar-refractivity contribution in [1.82, 2.24) is 9.88 Å². The molecular formula is C11H16BrN3. The van der Waals surface area contributed by atoms with Gasteiger partial charge in [-0.2, -0.15) is 0 Å². The van der Waals surface area contributed by atoms with Crippen LogP contribution < -0.4 is 5.32 Å². The smallest absolute Gasteiger partial charge is 0.140 e. The number of rotatable bonds is 2. The summed E-state index contributed by atoms with van der Waals surface area (Å²) in [5.74, 6) is 0.968. The van der Waals surface area contributed by atoms with Crippen LogP contribution in [0, 0.1) is 6.92 Å². The molecule has 1 atom stereocenters. The number of halogens is 1. The molecule has 0 bridgehead atoms. The van der Waals surface area contributed by atoms with Gasteiger partial charge in [0.25, 0.3) is 0 Å². The van der Waals surface area contributed by atoms with Crippen LogP contribution in [0.5, 0.6) is 0 Å². The first-order valence-corrected chi connectivity index (χ1v) is 6.02. The summed E-state index contributed by atoms with van der Waals surface area (Å²) in [6.45, 7) is 4.35. The molecule has 1 unspecified atom stereocenters. The van der Waals surface area contributed by atoms with Crippen molar-refractivity contribution in [1.29, 1.82) is 0 Å². The minimum Gasteiger partial charge on any atom is -0.365 e. The molecule has 15 heavy (non-hydrogen) atoms. The molecule has 2 rings (SSSR count). The highest BCUT2D eigenvalue weighted by atomic mass is 79.9. The van der Waals surface area contributed by atoms with Crippen LogP contribution in [0.1, 0.15) is 12.0 Å². The van der Waals surface area contributed by atoms with E-state index in [1.807, 2.05) is 12.3 Å². The zero-order chi connectivity index (χ0) is 10.8. The number of hydrogen-bond donors (Lipinski definition) is 1. The molecular weight excluding hydrogens is 254 g/mol. The lowest BCUT2D eigenvalue weighted by molar-refractivity contribution is 0.414. The Balaban J connectivity index is 2.07. The van der Waals surface area contributed by atoms with Gasteiger partial charge in [0.1, 0.15) is 5.82 Å². The second-order valence-corrected chi connectivity index (χ2v) is 4.98. The second kappa shape index (κ2) is 4.49. The number of likely N-dealkylation sites (tertiary alicyclic amines) is 1. The SMILES string of the molecule is Cc1ccnc(NC2CCN(C)C2)c1Br. The largest absolute Gasteiger partial charge is 0.365 e. The second-order valence-electron chi connectivity index (χ2n) is 4.18. The topological polar surface area (TPSA) is 28.2 Å². The van der Waals surface area contributed by atoms with Crippen molar-refractivity contribution < 1.29 is 0 Å². The fourth-order valence-electron chi connectivity index (χ4n) is 1.89. The third-order valence-electron chi connectivity index (χ3n) is 2.81. The van der Waals surface area contributed by atoms with Gasteiger partial charge in [0.15, 0.2) is 0 Å². The zero-order valence-electron chi connectivity index (χ0n) is 9.13. The van der Waals surface area contributed by atoms with E-state index in [0.29, 0.717) is 6.04 Å². The molecule has 3 nitrogen and oxygen atoms in total. The summed E-state index contributed by atoms with van der Waals surface area (Å²) in [6, 6.07) is 2.54. The van der Waals surface area contributed by atoms with E-state index in [4.69, 9.17) is 0 Å². The maximum Gasteiger partial charge on any atom is 0.140 e. The molecule has 82 valence electrons. The molecule has 1 saturated heterocycles. The molecule has 0 amide bonds. The Bertz CT molecular complexity index is 354. The van der Waals surface area contributed by atoms with Gasteiger partial charge in [-0.25, -0.2) is 4.98 Å². The van der Waals surface area contributed by atoms with Gasteiger partial charge in [-0.1, -0.05) is 0 Å². The number of likely N-dealkylation sites (N-methyl/N-ethyl adjacent to an activating group) is 1. The standard InChI is InChI=1S/C11H16BrN3/c1-8-3-5-13-11(10(8)12)14-9-4-6-15(2)7-9/h3,5,9H,4,6-7H2,1-2H3,(H,13,14). The van der Waals surface area contributed by atoms with Crippen LogP contribution in [0.15, 0.2) is 16.7 Å². The average molecular weight is 270 g/mol. The number of nitrogens with one attached hydrogen (secondary N) is 1. The van der Waals surface area contributed by atoms with E-state index in [9.17, 15) is 0 Å². The van der Waals surface area contributed by atoms with E-state index in [1.54, 1.807) is 0 Å². The van der Waals surface area contributed by atoms with Gasteiger partial charge in [-0.3, -0.25) is 0 Å². The van der Waals surface area contributed by atoms with E-state index in [-0.39, 0.29) is 0 Å². The van der Waals surface area contributed by atoms with E-state index in [2.05, 4.69) is 45.1 Å². The Morgan fingerprint density at radius 1 is 1.60 bits per heavy atom. The minimum atomic E-state index is 0.528. The summed E-state index contributed by atoms with van der Waals surface area (Å²) in [6.07, 6.45) is 3.04. The van der Waals surface area contributed by atoms with Gasteiger partial charge in [-0.15, -0.1) is 0 Å². The number of hydrogen-bond acceptors (Lipinski definition) is 3. The van der Waals surface area contributed by atoms with Crippen molar-refractivity contribution in [3.63, 3.8) is 0 Å². The molecule has 0 spiro atoms. The zero-order valence-corrected chi connectivity index (χ0v) is 10.7. The third kappa shape index (κ3) is 2.49. The van der Waals surface area contributed by atoms with Crippen molar-refractivity contribution in [2.45, 2.75) is 19.4 Å². The summed E-state index contributed by atoms with van der Waals surface area (Å²) in [5.41, 5.74) is 1.22. The maximum absolute atomic E-state index is 4.35. The Kier molecular flexibility index (Phi) is 3.26. The summed E-state index contributed by atoms with van der Waals surface area (Å²) < 4.78 is 1.08. The molecule has 0 aliphatic carbocycles. The lowest BCUT2D eigenvalue weighted by Gasteiger charge is -2.15. The number of aryl methyl sites for hydroxylation is 1. The van der Waals surface area contributed by atoms with E-state index >= 15 is 0 Å². The van der Waals surface area contributed by atoms with Gasteiger partial charge < -0.3 is 10.2 Å². The molecule has 1 N–H and O–H groups in total. The third-order valence-corrected chi connectivity index (χ3v) is 3.82. The van der Waals surface area contributed by atoms with Gasteiger partial charge >= 0.3 is 0 Å². The summed E-state index contributed by atoms with van der Waals surface area (Å²) in [7, 11) is 2.15. The van der Waals surface area contributed by atoms with Crippen molar-refractivity contribution in [3.8, 4) is 0 Å². The first kappa shape index (κ1) is 10.9. The van der Waals surface area contributed by atoms with E-state index < -0.39 is 0 Å². The predicted octanol–water partition coefficient (Wildman–Crippen LogP) is 2.27. The first-order chi connectivity index (χ1) is 7.16. The van der Waals surface area contributed by atoms with E-state index in [1.165, 1.54) is 18.5 Å². The van der Waals surface area contributed by atoms with Crippen LogP contribution in [0.3, 0.4) is 0 Å². The van der Waals surface area contributed by atoms with Crippen LogP contribution in [0.25, 0.3) is 0 Å². The summed E-state index contributed by atoms with van der Waals surface area (Å²) in [5, 5.41) is 3.48. The highest BCUT2D eigenvalue weighted by Crippen LogP contribution is 2.25. The summed E-state index contributed by atoms with van der Waals surface area (Å²) >= 11 is 3.56. The number of pyridine rings is 1. The van der Waals surface area contributed by atoms with Gasteiger partial charge in [0, 0.05) is 18.8 Å². The summed E-state index contributed by atoms with van der Waals surface area (Å²) in [4.78, 5) is 6.69. The van der Waals surface area contributed by atoms with Crippen molar-refractivity contribution in [2.75, 3.05) is 25.5 Å². The van der Waals surface area contributed by atoms with Crippen molar-refractivity contribution in [2.24, 2.45) is 0 Å². The monoisotopic (exact) mass is 269 g/mol. The Morgan fingerprint density at radius 2 is 2.40 bits per heavy atom. The van der Waals surface area contributed by atoms with E-state index in [0.717, 1.165) is 16.8 Å². The normalized spacial score (nSPS) is 21.9. The molecule has 0 aromatic carbocycles. The number of aromatic nitrogens is 1. The average Bonchev–Trinajstić information content (AvgIpc) is 2.59. The van der Waals surface area contributed by atoms with Gasteiger partial charge in [0.2, 0.25) is 0 Å². The van der Waals surface area contributed by atoms with Crippen LogP contribution in [0.4, 0.5) is 5.82 Å². The van der Waals surface area contributed by atoms with Crippen molar-refractivity contribution in [3.05, 3.63) is 22.3 Å². The van der Waals surface area contributed by atoms with Crippen LogP contribution >= 0.6 is 15.9 Å². The highest BCUT2D eigenvalue weighted by molar-refractivity contribution is 9.10. The molecule has 1 aliphatic rings. The van der Waals surface area contributed by atoms with Gasteiger partial charge in [0.05, 0.1) is 4.47 Å². The number of nitrogens with zero attached hydrogens (tertiary/aromatic N) is 2. The molecule has 1 aromatic rings. The molecule has 1 aliphatic heterocycles. The quantitative estimate of drug-likeness (QED) is 0.893. The van der Waals surface area contributed by atoms with Crippen molar-refractivity contribution >= 4 is 21.7 Å². The Labute approximate surface area is 99.0 Å². The maximum atomic E-state index is 4.35. The number of anilines is 1. The first-order valence-electron chi connectivity index (χ1n) is 5.23. The van der Waals surface area contributed by atoms with Gasteiger partial charge in [-0.05, 0) is 54.5 Å². The molecule has 1 aromatic heterocycles. The minimum absolute atomic E-state index is 0.528. The molecule has 1 fully saturated rings. The fourth-order valence-corrected chi connectivity index (χ4v) is 2.24. The lowest BCUT2D eigenvalue weighted by Crippen LogP contribution is -2.24. The molecule has 2 heterocycles. The molecule has 0 radical (unpaired) electrons. The lowest BCUT2D eigenvalue weighted by atomic mass is 10.2. The Hall–Kier alpha value is -0.610. The van der Waals surface area contributed by atoms with Crippen LogP contribution in [0.2, 0.25) is 0 Å². The van der Waals surface area contributed by atoms with Crippen LogP contribution in [-0.4, -0.2) is 36.1 Å². The Morgan fingerprint density at radius 3 is 3.07 bits per heavy atom. The molecule has 4 heteroatoms. The highest BCUT2D eigenvalue weighted by Gasteiger charge is 2.20. The predicted molar refractivity (Wildman–Crippen MR) is 66.2 cm³/mol. The fraction of sp³-hybridized carbons (Fsp3) is 0.545.